The average molecular weight is 398 g/mol. The predicted octanol–water partition coefficient (Wildman–Crippen LogP) is 3.15. The number of furan rings is 1. The molecule has 4 rings (SSSR count). The van der Waals surface area contributed by atoms with Crippen molar-refractivity contribution >= 4 is 17.7 Å². The Morgan fingerprint density at radius 3 is 2.61 bits per heavy atom. The first-order valence-corrected chi connectivity index (χ1v) is 10.2. The first-order valence-electron chi connectivity index (χ1n) is 9.28. The molecule has 0 saturated carbocycles. The highest BCUT2D eigenvalue weighted by molar-refractivity contribution is 8.00. The summed E-state index contributed by atoms with van der Waals surface area (Å²) in [6.07, 6.45) is 1.55. The van der Waals surface area contributed by atoms with Crippen LogP contribution in [0.4, 0.5) is 0 Å². The Morgan fingerprint density at radius 1 is 1.11 bits per heavy atom. The van der Waals surface area contributed by atoms with Crippen molar-refractivity contribution in [2.45, 2.75) is 23.9 Å². The average Bonchev–Trinajstić information content (AvgIpc) is 3.40. The second-order valence-corrected chi connectivity index (χ2v) is 7.99. The Hall–Kier alpha value is -2.58. The molecule has 0 unspecified atom stereocenters. The van der Waals surface area contributed by atoms with Gasteiger partial charge in [-0.1, -0.05) is 42.1 Å². The van der Waals surface area contributed by atoms with Crippen LogP contribution in [-0.2, 0) is 11.3 Å². The number of aromatic nitrogens is 2. The van der Waals surface area contributed by atoms with Gasteiger partial charge in [0.25, 0.3) is 11.1 Å². The summed E-state index contributed by atoms with van der Waals surface area (Å²) >= 11 is 1.28. The molecule has 1 aliphatic rings. The quantitative estimate of drug-likeness (QED) is 0.590. The summed E-state index contributed by atoms with van der Waals surface area (Å²) in [4.78, 5) is 17.1. The van der Waals surface area contributed by atoms with Crippen LogP contribution >= 0.6 is 11.8 Å². The Bertz CT molecular complexity index is 889. The fraction of sp³-hybridized carbons (Fsp3) is 0.350. The standard InChI is InChI=1S/C20H22N4O3S/c1-15(28-20-22-21-18(27-20)17-8-5-13-26-17)19(25)24-11-9-23(10-12-24)14-16-6-3-2-4-7-16/h2-8,13,15H,9-12,14H2,1H3/t15-/m1/s1. The van der Waals surface area contributed by atoms with Crippen LogP contribution < -0.4 is 0 Å². The highest BCUT2D eigenvalue weighted by Gasteiger charge is 2.27. The van der Waals surface area contributed by atoms with E-state index in [1.807, 2.05) is 17.9 Å². The zero-order valence-corrected chi connectivity index (χ0v) is 16.5. The van der Waals surface area contributed by atoms with Crippen molar-refractivity contribution in [3.8, 4) is 11.7 Å². The zero-order chi connectivity index (χ0) is 19.3. The third kappa shape index (κ3) is 4.45. The van der Waals surface area contributed by atoms with Gasteiger partial charge in [0, 0.05) is 32.7 Å². The maximum Gasteiger partial charge on any atom is 0.284 e. The zero-order valence-electron chi connectivity index (χ0n) is 15.7. The van der Waals surface area contributed by atoms with Crippen molar-refractivity contribution in [2.24, 2.45) is 0 Å². The molecule has 1 saturated heterocycles. The monoisotopic (exact) mass is 398 g/mol. The molecule has 2 aromatic heterocycles. The topological polar surface area (TPSA) is 75.6 Å². The number of hydrogen-bond acceptors (Lipinski definition) is 7. The van der Waals surface area contributed by atoms with E-state index >= 15 is 0 Å². The molecule has 3 aromatic rings. The SMILES string of the molecule is C[C@@H](Sc1nnc(-c2ccco2)o1)C(=O)N1CCN(Cc2ccccc2)CC1. The summed E-state index contributed by atoms with van der Waals surface area (Å²) in [6, 6.07) is 13.9. The lowest BCUT2D eigenvalue weighted by atomic mass is 10.2. The largest absolute Gasteiger partial charge is 0.459 e. The van der Waals surface area contributed by atoms with Gasteiger partial charge in [-0.3, -0.25) is 9.69 Å². The molecule has 1 aromatic carbocycles. The van der Waals surface area contributed by atoms with E-state index in [1.54, 1.807) is 18.4 Å². The van der Waals surface area contributed by atoms with Crippen molar-refractivity contribution in [3.63, 3.8) is 0 Å². The van der Waals surface area contributed by atoms with E-state index in [9.17, 15) is 4.79 Å². The number of nitrogens with zero attached hydrogens (tertiary/aromatic N) is 4. The van der Waals surface area contributed by atoms with Crippen LogP contribution in [0.2, 0.25) is 0 Å². The lowest BCUT2D eigenvalue weighted by Crippen LogP contribution is -2.50. The summed E-state index contributed by atoms with van der Waals surface area (Å²) in [5, 5.41) is 8.06. The molecule has 0 spiro atoms. The van der Waals surface area contributed by atoms with Gasteiger partial charge in [0.15, 0.2) is 5.76 Å². The van der Waals surface area contributed by atoms with Gasteiger partial charge in [0.1, 0.15) is 0 Å². The number of carbonyl (C=O) groups is 1. The smallest absolute Gasteiger partial charge is 0.284 e. The number of hydrogen-bond donors (Lipinski definition) is 0. The van der Waals surface area contributed by atoms with Gasteiger partial charge in [-0.25, -0.2) is 0 Å². The molecule has 1 amide bonds. The van der Waals surface area contributed by atoms with Gasteiger partial charge in [0.05, 0.1) is 11.5 Å². The summed E-state index contributed by atoms with van der Waals surface area (Å²) in [7, 11) is 0. The van der Waals surface area contributed by atoms with Crippen molar-refractivity contribution in [1.29, 1.82) is 0 Å². The maximum absolute atomic E-state index is 12.8. The molecule has 8 heteroatoms. The summed E-state index contributed by atoms with van der Waals surface area (Å²) in [5.41, 5.74) is 1.30. The van der Waals surface area contributed by atoms with Crippen LogP contribution in [0.5, 0.6) is 0 Å². The van der Waals surface area contributed by atoms with Gasteiger partial charge < -0.3 is 13.7 Å². The fourth-order valence-corrected chi connectivity index (χ4v) is 3.95. The molecule has 0 N–H and O–H groups in total. The molecule has 146 valence electrons. The van der Waals surface area contributed by atoms with Crippen LogP contribution in [0.1, 0.15) is 12.5 Å². The van der Waals surface area contributed by atoms with Crippen molar-refractivity contribution in [2.75, 3.05) is 26.2 Å². The highest BCUT2D eigenvalue weighted by atomic mass is 32.2. The lowest BCUT2D eigenvalue weighted by molar-refractivity contribution is -0.132. The van der Waals surface area contributed by atoms with E-state index in [0.29, 0.717) is 16.9 Å². The van der Waals surface area contributed by atoms with Gasteiger partial charge in [-0.2, -0.15) is 0 Å². The summed E-state index contributed by atoms with van der Waals surface area (Å²) in [5.74, 6) is 0.941. The van der Waals surface area contributed by atoms with Crippen LogP contribution in [0, 0.1) is 0 Å². The van der Waals surface area contributed by atoms with Crippen molar-refractivity contribution in [3.05, 3.63) is 54.3 Å². The molecular formula is C20H22N4O3S. The van der Waals surface area contributed by atoms with Gasteiger partial charge in [0.2, 0.25) is 5.91 Å². The molecule has 1 atom stereocenters. The number of amides is 1. The summed E-state index contributed by atoms with van der Waals surface area (Å²) in [6.45, 7) is 6.02. The van der Waals surface area contributed by atoms with E-state index in [0.717, 1.165) is 32.7 Å². The molecule has 28 heavy (non-hydrogen) atoms. The highest BCUT2D eigenvalue weighted by Crippen LogP contribution is 2.27. The molecule has 7 nitrogen and oxygen atoms in total. The minimum absolute atomic E-state index is 0.0992. The third-order valence-electron chi connectivity index (χ3n) is 4.70. The first kappa shape index (κ1) is 18.8. The Balaban J connectivity index is 1.28. The molecule has 0 aliphatic carbocycles. The summed E-state index contributed by atoms with van der Waals surface area (Å²) < 4.78 is 10.8. The fourth-order valence-electron chi connectivity index (χ4n) is 3.18. The lowest BCUT2D eigenvalue weighted by Gasteiger charge is -2.35. The van der Waals surface area contributed by atoms with Crippen molar-refractivity contribution in [1.82, 2.24) is 20.0 Å². The van der Waals surface area contributed by atoms with Gasteiger partial charge in [-0.05, 0) is 24.6 Å². The number of benzene rings is 1. The van der Waals surface area contributed by atoms with E-state index in [2.05, 4.69) is 39.4 Å². The van der Waals surface area contributed by atoms with Crippen LogP contribution in [0.25, 0.3) is 11.7 Å². The molecular weight excluding hydrogens is 376 g/mol. The van der Waals surface area contributed by atoms with Crippen LogP contribution in [0.15, 0.2) is 62.8 Å². The minimum Gasteiger partial charge on any atom is -0.459 e. The Morgan fingerprint density at radius 2 is 1.89 bits per heavy atom. The predicted molar refractivity (Wildman–Crippen MR) is 106 cm³/mol. The Labute approximate surface area is 167 Å². The van der Waals surface area contributed by atoms with Gasteiger partial charge >= 0.3 is 0 Å². The molecule has 0 radical (unpaired) electrons. The first-order chi connectivity index (χ1) is 13.7. The molecule has 0 bridgehead atoms. The number of rotatable bonds is 6. The van der Waals surface area contributed by atoms with E-state index in [1.165, 1.54) is 17.3 Å². The van der Waals surface area contributed by atoms with Crippen LogP contribution in [0.3, 0.4) is 0 Å². The number of thioether (sulfide) groups is 1. The van der Waals surface area contributed by atoms with Crippen LogP contribution in [-0.4, -0.2) is 57.3 Å². The number of carbonyl (C=O) groups excluding carboxylic acids is 1. The van der Waals surface area contributed by atoms with Gasteiger partial charge in [-0.15, -0.1) is 10.2 Å². The minimum atomic E-state index is -0.287. The molecule has 3 heterocycles. The maximum atomic E-state index is 12.8. The van der Waals surface area contributed by atoms with E-state index in [-0.39, 0.29) is 11.2 Å². The second-order valence-electron chi connectivity index (χ2n) is 6.70. The van der Waals surface area contributed by atoms with E-state index in [4.69, 9.17) is 8.83 Å². The molecule has 1 aliphatic heterocycles. The Kier molecular flexibility index (Phi) is 5.78. The second kappa shape index (κ2) is 8.62. The normalized spacial score (nSPS) is 16.2. The van der Waals surface area contributed by atoms with E-state index < -0.39 is 0 Å². The van der Waals surface area contributed by atoms with Crippen molar-refractivity contribution < 1.29 is 13.6 Å². The molecule has 1 fully saturated rings. The third-order valence-corrected chi connectivity index (χ3v) is 5.62. The number of piperazine rings is 1.